The Bertz CT molecular complexity index is 760. The van der Waals surface area contributed by atoms with Crippen molar-refractivity contribution < 1.29 is 4.74 Å². The SMILES string of the molecule is COc1cccc(CCNc2nc(Cl)nc3sccc23)c1. The third-order valence-electron chi connectivity index (χ3n) is 3.14. The second-order valence-electron chi connectivity index (χ2n) is 4.51. The molecule has 2 heterocycles. The highest BCUT2D eigenvalue weighted by Crippen LogP contribution is 2.26. The Kier molecular flexibility index (Phi) is 4.22. The van der Waals surface area contributed by atoms with Gasteiger partial charge in [-0.2, -0.15) is 0 Å². The van der Waals surface area contributed by atoms with Crippen molar-refractivity contribution in [2.24, 2.45) is 0 Å². The first-order chi connectivity index (χ1) is 10.3. The van der Waals surface area contributed by atoms with Crippen LogP contribution in [0.3, 0.4) is 0 Å². The number of anilines is 1. The summed E-state index contributed by atoms with van der Waals surface area (Å²) in [5, 5.41) is 6.60. The summed E-state index contributed by atoms with van der Waals surface area (Å²) in [6, 6.07) is 10.1. The molecule has 4 nitrogen and oxygen atoms in total. The fraction of sp³-hybridized carbons (Fsp3) is 0.200. The first kappa shape index (κ1) is 14.1. The maximum Gasteiger partial charge on any atom is 0.225 e. The summed E-state index contributed by atoms with van der Waals surface area (Å²) in [6.07, 6.45) is 0.879. The Hall–Kier alpha value is -1.85. The van der Waals surface area contributed by atoms with Gasteiger partial charge in [-0.1, -0.05) is 12.1 Å². The van der Waals surface area contributed by atoms with Crippen LogP contribution in [0.4, 0.5) is 5.82 Å². The molecule has 0 aliphatic carbocycles. The molecule has 0 saturated carbocycles. The van der Waals surface area contributed by atoms with E-state index in [2.05, 4.69) is 21.4 Å². The summed E-state index contributed by atoms with van der Waals surface area (Å²) in [5.74, 6) is 1.66. The van der Waals surface area contributed by atoms with Gasteiger partial charge < -0.3 is 10.1 Å². The Morgan fingerprint density at radius 1 is 1.29 bits per heavy atom. The molecule has 0 unspecified atom stereocenters. The second-order valence-corrected chi connectivity index (χ2v) is 5.74. The molecule has 108 valence electrons. The molecule has 0 bridgehead atoms. The number of aromatic nitrogens is 2. The van der Waals surface area contributed by atoms with Crippen molar-refractivity contribution in [3.8, 4) is 5.75 Å². The highest BCUT2D eigenvalue weighted by molar-refractivity contribution is 7.16. The third kappa shape index (κ3) is 3.25. The van der Waals surface area contributed by atoms with E-state index in [4.69, 9.17) is 16.3 Å². The summed E-state index contributed by atoms with van der Waals surface area (Å²) in [4.78, 5) is 9.37. The molecule has 3 rings (SSSR count). The zero-order valence-corrected chi connectivity index (χ0v) is 13.0. The van der Waals surface area contributed by atoms with Gasteiger partial charge in [0.2, 0.25) is 5.28 Å². The van der Waals surface area contributed by atoms with Crippen molar-refractivity contribution >= 4 is 39.0 Å². The van der Waals surface area contributed by atoms with E-state index in [0.717, 1.165) is 34.7 Å². The zero-order valence-electron chi connectivity index (χ0n) is 11.5. The minimum atomic E-state index is 0.272. The second kappa shape index (κ2) is 6.28. The largest absolute Gasteiger partial charge is 0.497 e. The Balaban J connectivity index is 1.70. The van der Waals surface area contributed by atoms with Crippen LogP contribution >= 0.6 is 22.9 Å². The van der Waals surface area contributed by atoms with E-state index >= 15 is 0 Å². The maximum absolute atomic E-state index is 5.94. The standard InChI is InChI=1S/C15H14ClN3OS/c1-20-11-4-2-3-10(9-11)5-7-17-13-12-6-8-21-14(12)19-15(16)18-13/h2-4,6,8-9H,5,7H2,1H3,(H,17,18,19). The van der Waals surface area contributed by atoms with E-state index in [1.54, 1.807) is 18.4 Å². The van der Waals surface area contributed by atoms with Gasteiger partial charge in [0.15, 0.2) is 0 Å². The van der Waals surface area contributed by atoms with Gasteiger partial charge in [0, 0.05) is 6.54 Å². The first-order valence-electron chi connectivity index (χ1n) is 6.54. The molecule has 0 amide bonds. The molecule has 1 aromatic carbocycles. The fourth-order valence-electron chi connectivity index (χ4n) is 2.12. The van der Waals surface area contributed by atoms with E-state index in [-0.39, 0.29) is 5.28 Å². The first-order valence-corrected chi connectivity index (χ1v) is 7.79. The van der Waals surface area contributed by atoms with Crippen molar-refractivity contribution in [3.63, 3.8) is 0 Å². The quantitative estimate of drug-likeness (QED) is 0.722. The molecule has 0 radical (unpaired) electrons. The minimum absolute atomic E-state index is 0.272. The number of ether oxygens (including phenoxy) is 1. The monoisotopic (exact) mass is 319 g/mol. The fourth-order valence-corrected chi connectivity index (χ4v) is 3.10. The number of benzene rings is 1. The number of rotatable bonds is 5. The molecule has 6 heteroatoms. The summed E-state index contributed by atoms with van der Waals surface area (Å²) in [6.45, 7) is 0.769. The van der Waals surface area contributed by atoms with Crippen LogP contribution in [0.25, 0.3) is 10.2 Å². The van der Waals surface area contributed by atoms with Crippen molar-refractivity contribution in [3.05, 3.63) is 46.6 Å². The number of hydrogen-bond donors (Lipinski definition) is 1. The molecule has 2 aromatic heterocycles. The topological polar surface area (TPSA) is 47.0 Å². The predicted octanol–water partition coefficient (Wildman–Crippen LogP) is 4.01. The lowest BCUT2D eigenvalue weighted by atomic mass is 10.1. The maximum atomic E-state index is 5.94. The highest BCUT2D eigenvalue weighted by atomic mass is 35.5. The van der Waals surface area contributed by atoms with E-state index in [0.29, 0.717) is 0 Å². The Morgan fingerprint density at radius 3 is 3.05 bits per heavy atom. The number of methoxy groups -OCH3 is 1. The van der Waals surface area contributed by atoms with Crippen LogP contribution in [0.2, 0.25) is 5.28 Å². The predicted molar refractivity (Wildman–Crippen MR) is 87.6 cm³/mol. The lowest BCUT2D eigenvalue weighted by Gasteiger charge is -2.08. The van der Waals surface area contributed by atoms with Crippen LogP contribution in [0, 0.1) is 0 Å². The molecule has 3 aromatic rings. The number of hydrogen-bond acceptors (Lipinski definition) is 5. The Morgan fingerprint density at radius 2 is 2.19 bits per heavy atom. The van der Waals surface area contributed by atoms with Gasteiger partial charge in [-0.25, -0.2) is 9.97 Å². The molecule has 1 N–H and O–H groups in total. The van der Waals surface area contributed by atoms with Gasteiger partial charge in [-0.15, -0.1) is 11.3 Å². The number of nitrogens with zero attached hydrogens (tertiary/aromatic N) is 2. The normalized spacial score (nSPS) is 10.8. The minimum Gasteiger partial charge on any atom is -0.497 e. The van der Waals surface area contributed by atoms with Crippen LogP contribution < -0.4 is 10.1 Å². The van der Waals surface area contributed by atoms with Crippen molar-refractivity contribution in [1.82, 2.24) is 9.97 Å². The smallest absolute Gasteiger partial charge is 0.225 e. The van der Waals surface area contributed by atoms with E-state index < -0.39 is 0 Å². The van der Waals surface area contributed by atoms with E-state index in [9.17, 15) is 0 Å². The van der Waals surface area contributed by atoms with Crippen molar-refractivity contribution in [2.45, 2.75) is 6.42 Å². The lowest BCUT2D eigenvalue weighted by molar-refractivity contribution is 0.414. The molecule has 0 aliphatic heterocycles. The summed E-state index contributed by atoms with van der Waals surface area (Å²) >= 11 is 7.50. The third-order valence-corrected chi connectivity index (χ3v) is 4.11. The highest BCUT2D eigenvalue weighted by Gasteiger charge is 2.07. The van der Waals surface area contributed by atoms with Gasteiger partial charge in [0.1, 0.15) is 16.4 Å². The van der Waals surface area contributed by atoms with Crippen LogP contribution in [0.15, 0.2) is 35.7 Å². The van der Waals surface area contributed by atoms with Crippen LogP contribution in [-0.4, -0.2) is 23.6 Å². The number of nitrogens with one attached hydrogen (secondary N) is 1. The van der Waals surface area contributed by atoms with Gasteiger partial charge in [0.05, 0.1) is 12.5 Å². The van der Waals surface area contributed by atoms with Crippen LogP contribution in [0.5, 0.6) is 5.75 Å². The molecule has 0 atom stereocenters. The summed E-state index contributed by atoms with van der Waals surface area (Å²) in [5.41, 5.74) is 1.21. The zero-order chi connectivity index (χ0) is 14.7. The molecule has 0 spiro atoms. The molecule has 0 aliphatic rings. The van der Waals surface area contributed by atoms with E-state index in [1.807, 2.05) is 29.6 Å². The molecular formula is C15H14ClN3OS. The average molecular weight is 320 g/mol. The molecule has 0 saturated heterocycles. The van der Waals surface area contributed by atoms with Gasteiger partial charge >= 0.3 is 0 Å². The molecule has 21 heavy (non-hydrogen) atoms. The average Bonchev–Trinajstić information content (AvgIpc) is 2.95. The summed E-state index contributed by atoms with van der Waals surface area (Å²) < 4.78 is 5.23. The van der Waals surface area contributed by atoms with Crippen LogP contribution in [-0.2, 0) is 6.42 Å². The number of halogens is 1. The lowest BCUT2D eigenvalue weighted by Crippen LogP contribution is -2.07. The molecular weight excluding hydrogens is 306 g/mol. The van der Waals surface area contributed by atoms with E-state index in [1.165, 1.54) is 5.56 Å². The number of fused-ring (bicyclic) bond motifs is 1. The van der Waals surface area contributed by atoms with Crippen molar-refractivity contribution in [2.75, 3.05) is 19.0 Å². The van der Waals surface area contributed by atoms with Gasteiger partial charge in [-0.05, 0) is 47.2 Å². The summed E-state index contributed by atoms with van der Waals surface area (Å²) in [7, 11) is 1.67. The Labute approximate surface area is 131 Å². The molecule has 0 fully saturated rings. The van der Waals surface area contributed by atoms with Crippen LogP contribution in [0.1, 0.15) is 5.56 Å². The van der Waals surface area contributed by atoms with Gasteiger partial charge in [-0.3, -0.25) is 0 Å². The number of thiophene rings is 1. The van der Waals surface area contributed by atoms with Gasteiger partial charge in [0.25, 0.3) is 0 Å². The van der Waals surface area contributed by atoms with Crippen molar-refractivity contribution in [1.29, 1.82) is 0 Å².